The van der Waals surface area contributed by atoms with E-state index in [4.69, 9.17) is 0 Å². The molecule has 1 aliphatic heterocycles. The molecule has 1 aliphatic carbocycles. The molecule has 8 nitrogen and oxygen atoms in total. The second-order valence-electron chi connectivity index (χ2n) is 8.92. The van der Waals surface area contributed by atoms with Crippen LogP contribution in [0.4, 0.5) is 18.9 Å². The average Bonchev–Trinajstić information content (AvgIpc) is 3.37. The summed E-state index contributed by atoms with van der Waals surface area (Å²) in [7, 11) is 0. The molecule has 1 aromatic carbocycles. The number of rotatable bonds is 5. The van der Waals surface area contributed by atoms with Crippen LogP contribution in [-0.4, -0.2) is 47.3 Å². The summed E-state index contributed by atoms with van der Waals surface area (Å²) in [5.74, 6) is -5.18. The highest BCUT2D eigenvalue weighted by molar-refractivity contribution is 5.92. The molecule has 186 valence electrons. The maximum atomic E-state index is 12.7. The third-order valence-electron chi connectivity index (χ3n) is 6.95. The number of nitrogens with zero attached hydrogens (tertiary/aromatic N) is 1. The molecule has 1 aromatic heterocycles. The fourth-order valence-corrected chi connectivity index (χ4v) is 5.17. The normalized spacial score (nSPS) is 21.6. The van der Waals surface area contributed by atoms with Gasteiger partial charge in [0.25, 0.3) is 5.56 Å². The van der Waals surface area contributed by atoms with Gasteiger partial charge in [0.05, 0.1) is 11.1 Å². The SMILES string of the molecule is CCc1cc(C(=O)O)c(=O)[nH]c1-c1ccc(N2C[C@@H]3CCC[C@]3(C(=O)OC(=O)C(F)(F)F)C2)cc1. The van der Waals surface area contributed by atoms with Gasteiger partial charge < -0.3 is 19.7 Å². The summed E-state index contributed by atoms with van der Waals surface area (Å²) in [5, 5.41) is 9.19. The Balaban J connectivity index is 1.57. The van der Waals surface area contributed by atoms with Crippen LogP contribution in [0.5, 0.6) is 0 Å². The molecule has 0 spiro atoms. The van der Waals surface area contributed by atoms with Gasteiger partial charge in [-0.15, -0.1) is 0 Å². The summed E-state index contributed by atoms with van der Waals surface area (Å²) in [6.07, 6.45) is -3.11. The number of H-pyrrole nitrogens is 1. The Kier molecular flexibility index (Phi) is 6.20. The lowest BCUT2D eigenvalue weighted by molar-refractivity contribution is -0.205. The first kappa shape index (κ1) is 24.5. The minimum Gasteiger partial charge on any atom is -0.477 e. The predicted octanol–water partition coefficient (Wildman–Crippen LogP) is 3.54. The van der Waals surface area contributed by atoms with Crippen LogP contribution in [0.15, 0.2) is 35.1 Å². The van der Waals surface area contributed by atoms with Crippen LogP contribution in [0.1, 0.15) is 42.1 Å². The Labute approximate surface area is 197 Å². The van der Waals surface area contributed by atoms with Crippen molar-refractivity contribution in [3.05, 3.63) is 51.8 Å². The third kappa shape index (κ3) is 4.42. The molecule has 0 bridgehead atoms. The van der Waals surface area contributed by atoms with Crippen molar-refractivity contribution in [3.63, 3.8) is 0 Å². The van der Waals surface area contributed by atoms with Crippen molar-refractivity contribution in [2.24, 2.45) is 11.3 Å². The molecule has 0 unspecified atom stereocenters. The van der Waals surface area contributed by atoms with Crippen molar-refractivity contribution in [3.8, 4) is 11.3 Å². The molecule has 2 aliphatic rings. The van der Waals surface area contributed by atoms with Gasteiger partial charge in [0.1, 0.15) is 5.56 Å². The Morgan fingerprint density at radius 2 is 1.91 bits per heavy atom. The molecule has 11 heteroatoms. The second kappa shape index (κ2) is 8.86. The van der Waals surface area contributed by atoms with Gasteiger partial charge in [-0.2, -0.15) is 13.2 Å². The number of ether oxygens (including phenoxy) is 1. The number of esters is 2. The fourth-order valence-electron chi connectivity index (χ4n) is 5.17. The van der Waals surface area contributed by atoms with Gasteiger partial charge in [0.2, 0.25) is 0 Å². The number of halogens is 3. The molecular weight excluding hydrogens is 469 g/mol. The minimum atomic E-state index is -5.24. The first-order valence-corrected chi connectivity index (χ1v) is 11.1. The first-order valence-electron chi connectivity index (χ1n) is 11.1. The van der Waals surface area contributed by atoms with E-state index in [1.807, 2.05) is 11.8 Å². The number of aromatic nitrogens is 1. The van der Waals surface area contributed by atoms with Crippen LogP contribution in [0, 0.1) is 11.3 Å². The maximum Gasteiger partial charge on any atom is 0.491 e. The number of aromatic amines is 1. The zero-order chi connectivity index (χ0) is 25.5. The number of carboxylic acids is 1. The maximum absolute atomic E-state index is 12.7. The molecule has 2 fully saturated rings. The summed E-state index contributed by atoms with van der Waals surface area (Å²) in [6, 6.07) is 8.36. The lowest BCUT2D eigenvalue weighted by Gasteiger charge is -2.26. The van der Waals surface area contributed by atoms with Crippen molar-refractivity contribution in [2.75, 3.05) is 18.0 Å². The summed E-state index contributed by atoms with van der Waals surface area (Å²) in [6.45, 7) is 2.40. The molecule has 0 amide bonds. The fraction of sp³-hybridized carbons (Fsp3) is 0.417. The van der Waals surface area contributed by atoms with Gasteiger partial charge in [-0.1, -0.05) is 25.5 Å². The number of anilines is 1. The molecule has 2 heterocycles. The highest BCUT2D eigenvalue weighted by Gasteiger charge is 2.57. The number of hydrogen-bond acceptors (Lipinski definition) is 6. The number of fused-ring (bicyclic) bond motifs is 1. The van der Waals surface area contributed by atoms with Crippen molar-refractivity contribution >= 4 is 23.6 Å². The third-order valence-corrected chi connectivity index (χ3v) is 6.95. The Morgan fingerprint density at radius 3 is 2.51 bits per heavy atom. The minimum absolute atomic E-state index is 0.130. The number of nitrogens with one attached hydrogen (secondary N) is 1. The monoisotopic (exact) mass is 492 g/mol. The highest BCUT2D eigenvalue weighted by atomic mass is 19.4. The van der Waals surface area contributed by atoms with E-state index in [1.165, 1.54) is 6.07 Å². The zero-order valence-electron chi connectivity index (χ0n) is 18.8. The average molecular weight is 492 g/mol. The molecule has 2 atom stereocenters. The number of aryl methyl sites for hydroxylation is 1. The molecule has 2 N–H and O–H groups in total. The van der Waals surface area contributed by atoms with Gasteiger partial charge in [-0.3, -0.25) is 9.59 Å². The van der Waals surface area contributed by atoms with Crippen molar-refractivity contribution in [2.45, 2.75) is 38.8 Å². The van der Waals surface area contributed by atoms with Gasteiger partial charge in [0.15, 0.2) is 0 Å². The predicted molar refractivity (Wildman–Crippen MR) is 118 cm³/mol. The van der Waals surface area contributed by atoms with Crippen LogP contribution >= 0.6 is 0 Å². The summed E-state index contributed by atoms with van der Waals surface area (Å²) >= 11 is 0. The van der Waals surface area contributed by atoms with E-state index in [0.29, 0.717) is 49.0 Å². The van der Waals surface area contributed by atoms with Crippen LogP contribution in [0.2, 0.25) is 0 Å². The van der Waals surface area contributed by atoms with E-state index in [-0.39, 0.29) is 18.0 Å². The van der Waals surface area contributed by atoms with Crippen LogP contribution in [0.3, 0.4) is 0 Å². The lowest BCUT2D eigenvalue weighted by atomic mass is 9.81. The summed E-state index contributed by atoms with van der Waals surface area (Å²) < 4.78 is 42.1. The lowest BCUT2D eigenvalue weighted by Crippen LogP contribution is -2.41. The second-order valence-corrected chi connectivity index (χ2v) is 8.92. The van der Waals surface area contributed by atoms with E-state index in [0.717, 1.165) is 5.69 Å². The van der Waals surface area contributed by atoms with Crippen LogP contribution in [0.25, 0.3) is 11.3 Å². The smallest absolute Gasteiger partial charge is 0.477 e. The quantitative estimate of drug-likeness (QED) is 0.484. The topological polar surface area (TPSA) is 117 Å². The first-order chi connectivity index (χ1) is 16.5. The standard InChI is InChI=1S/C24H23F3N2O6/c1-2-13-10-17(20(31)32)19(30)28-18(13)14-5-7-16(8-6-14)29-11-15-4-3-9-23(15,12-29)21(33)35-22(34)24(25,26)27/h5-8,10,15H,2-4,9,11-12H2,1H3,(H,28,30)(H,31,32)/t15-,23-/m0/s1. The molecule has 0 radical (unpaired) electrons. The molecule has 2 aromatic rings. The molecule has 35 heavy (non-hydrogen) atoms. The van der Waals surface area contributed by atoms with Crippen molar-refractivity contribution in [1.29, 1.82) is 0 Å². The number of pyridine rings is 1. The molecule has 4 rings (SSSR count). The number of hydrogen-bond donors (Lipinski definition) is 2. The number of carbonyl (C=O) groups excluding carboxylic acids is 2. The van der Waals surface area contributed by atoms with E-state index in [2.05, 4.69) is 9.72 Å². The van der Waals surface area contributed by atoms with Crippen LogP contribution in [-0.2, 0) is 20.7 Å². The summed E-state index contributed by atoms with van der Waals surface area (Å²) in [5.41, 5.74) is 0.304. The van der Waals surface area contributed by atoms with E-state index in [9.17, 15) is 37.5 Å². The largest absolute Gasteiger partial charge is 0.491 e. The van der Waals surface area contributed by atoms with Gasteiger partial charge >= 0.3 is 24.1 Å². The van der Waals surface area contributed by atoms with Crippen molar-refractivity contribution < 1.29 is 37.4 Å². The number of carboxylic acid groups (broad SMARTS) is 1. The van der Waals surface area contributed by atoms with E-state index in [1.54, 1.807) is 24.3 Å². The number of aromatic carboxylic acids is 1. The van der Waals surface area contributed by atoms with Gasteiger partial charge in [-0.25, -0.2) is 9.59 Å². The Hall–Kier alpha value is -3.63. The molecule has 1 saturated heterocycles. The Morgan fingerprint density at radius 1 is 1.23 bits per heavy atom. The summed E-state index contributed by atoms with van der Waals surface area (Å²) in [4.78, 5) is 51.8. The van der Waals surface area contributed by atoms with Gasteiger partial charge in [0, 0.05) is 18.8 Å². The van der Waals surface area contributed by atoms with Crippen molar-refractivity contribution in [1.82, 2.24) is 4.98 Å². The number of carbonyl (C=O) groups is 3. The number of benzene rings is 1. The van der Waals surface area contributed by atoms with E-state index >= 15 is 0 Å². The highest BCUT2D eigenvalue weighted by Crippen LogP contribution is 2.50. The molecule has 1 saturated carbocycles. The Bertz CT molecular complexity index is 1240. The van der Waals surface area contributed by atoms with Gasteiger partial charge in [-0.05, 0) is 54.5 Å². The zero-order valence-corrected chi connectivity index (χ0v) is 18.8. The number of alkyl halides is 3. The van der Waals surface area contributed by atoms with Crippen LogP contribution < -0.4 is 10.5 Å². The van der Waals surface area contributed by atoms with E-state index < -0.39 is 35.1 Å². The molecular formula is C24H23F3N2O6.